The molecule has 0 fully saturated rings. The van der Waals surface area contributed by atoms with Crippen molar-refractivity contribution in [2.45, 2.75) is 27.3 Å². The molecule has 0 amide bonds. The quantitative estimate of drug-likeness (QED) is 0.814. The Morgan fingerprint density at radius 1 is 1.39 bits per heavy atom. The lowest BCUT2D eigenvalue weighted by atomic mass is 10.2. The van der Waals surface area contributed by atoms with Gasteiger partial charge >= 0.3 is 0 Å². The van der Waals surface area contributed by atoms with E-state index in [0.717, 1.165) is 23.5 Å². The van der Waals surface area contributed by atoms with E-state index in [1.807, 2.05) is 23.2 Å². The summed E-state index contributed by atoms with van der Waals surface area (Å²) in [7, 11) is 1.90. The number of aromatic nitrogens is 4. The van der Waals surface area contributed by atoms with Crippen LogP contribution in [0.3, 0.4) is 0 Å². The van der Waals surface area contributed by atoms with Gasteiger partial charge in [0.2, 0.25) is 5.95 Å². The minimum absolute atomic E-state index is 0.522. The van der Waals surface area contributed by atoms with Gasteiger partial charge in [0.05, 0.1) is 18.8 Å². The number of rotatable bonds is 5. The third kappa shape index (κ3) is 2.33. The van der Waals surface area contributed by atoms with E-state index >= 15 is 0 Å². The number of nitrogens with two attached hydrogens (primary N) is 1. The molecule has 6 heteroatoms. The van der Waals surface area contributed by atoms with E-state index in [1.54, 1.807) is 0 Å². The lowest BCUT2D eigenvalue weighted by molar-refractivity contribution is 0.104. The summed E-state index contributed by atoms with van der Waals surface area (Å²) in [5.74, 6) is 1.07. The molecular weight excluding hydrogens is 230 g/mol. The van der Waals surface area contributed by atoms with Crippen molar-refractivity contribution in [2.75, 3.05) is 18.9 Å². The summed E-state index contributed by atoms with van der Waals surface area (Å²) in [5.41, 5.74) is 8.67. The number of anilines is 1. The third-order valence-electron chi connectivity index (χ3n) is 2.83. The number of ether oxygens (including phenoxy) is 1. The average Bonchev–Trinajstić information content (AvgIpc) is 2.74. The number of hydrogen-bond acceptors (Lipinski definition) is 4. The highest BCUT2D eigenvalue weighted by molar-refractivity contribution is 5.77. The third-order valence-corrected chi connectivity index (χ3v) is 2.83. The topological polar surface area (TPSA) is 70.9 Å². The van der Waals surface area contributed by atoms with Crippen LogP contribution in [-0.4, -0.2) is 32.5 Å². The number of hydrogen-bond donors (Lipinski definition) is 1. The molecule has 0 saturated carbocycles. The van der Waals surface area contributed by atoms with Gasteiger partial charge in [0.15, 0.2) is 5.65 Å². The smallest absolute Gasteiger partial charge is 0.202 e. The molecule has 2 heterocycles. The van der Waals surface area contributed by atoms with Gasteiger partial charge in [0.25, 0.3) is 0 Å². The Morgan fingerprint density at radius 2 is 2.11 bits per heavy atom. The zero-order valence-electron chi connectivity index (χ0n) is 11.5. The van der Waals surface area contributed by atoms with Crippen LogP contribution in [0.15, 0.2) is 0 Å². The maximum absolute atomic E-state index is 5.93. The molecule has 2 N–H and O–H groups in total. The molecule has 2 rings (SSSR count). The predicted octanol–water partition coefficient (Wildman–Crippen LogP) is 1.33. The van der Waals surface area contributed by atoms with Crippen LogP contribution in [-0.2, 0) is 18.3 Å². The van der Waals surface area contributed by atoms with Crippen molar-refractivity contribution in [3.8, 4) is 0 Å². The normalized spacial score (nSPS) is 11.8. The summed E-state index contributed by atoms with van der Waals surface area (Å²) < 4.78 is 9.36. The number of nitrogens with zero attached hydrogens (tertiary/aromatic N) is 4. The first kappa shape index (κ1) is 12.9. The van der Waals surface area contributed by atoms with Crippen LogP contribution in [0.2, 0.25) is 0 Å². The van der Waals surface area contributed by atoms with Crippen molar-refractivity contribution in [3.05, 3.63) is 5.69 Å². The van der Waals surface area contributed by atoms with Crippen LogP contribution in [0.5, 0.6) is 0 Å². The Hall–Kier alpha value is -1.56. The lowest BCUT2D eigenvalue weighted by Crippen LogP contribution is -2.13. The van der Waals surface area contributed by atoms with Crippen LogP contribution in [0.1, 0.15) is 19.5 Å². The number of fused-ring (bicyclic) bond motifs is 1. The Balaban J connectivity index is 2.15. The van der Waals surface area contributed by atoms with Crippen LogP contribution in [0.25, 0.3) is 11.2 Å². The summed E-state index contributed by atoms with van der Waals surface area (Å²) in [6.07, 6.45) is 0. The van der Waals surface area contributed by atoms with Gasteiger partial charge in [-0.15, -0.1) is 0 Å². The molecule has 0 aliphatic heterocycles. The van der Waals surface area contributed by atoms with E-state index in [9.17, 15) is 0 Å². The molecule has 2 aromatic rings. The maximum Gasteiger partial charge on any atom is 0.202 e. The zero-order chi connectivity index (χ0) is 13.3. The van der Waals surface area contributed by atoms with Gasteiger partial charge in [-0.2, -0.15) is 5.10 Å². The van der Waals surface area contributed by atoms with Gasteiger partial charge < -0.3 is 10.5 Å². The van der Waals surface area contributed by atoms with E-state index in [4.69, 9.17) is 10.5 Å². The van der Waals surface area contributed by atoms with Gasteiger partial charge in [-0.3, -0.25) is 9.25 Å². The second kappa shape index (κ2) is 4.97. The van der Waals surface area contributed by atoms with E-state index in [1.165, 1.54) is 0 Å². The van der Waals surface area contributed by atoms with E-state index in [-0.39, 0.29) is 0 Å². The second-order valence-electron chi connectivity index (χ2n) is 4.97. The highest BCUT2D eigenvalue weighted by Gasteiger charge is 2.15. The summed E-state index contributed by atoms with van der Waals surface area (Å²) in [4.78, 5) is 4.35. The molecule has 0 saturated heterocycles. The van der Waals surface area contributed by atoms with Crippen molar-refractivity contribution < 1.29 is 4.74 Å². The van der Waals surface area contributed by atoms with Crippen LogP contribution < -0.4 is 5.73 Å². The molecule has 0 atom stereocenters. The van der Waals surface area contributed by atoms with Crippen LogP contribution in [0.4, 0.5) is 5.95 Å². The fourth-order valence-corrected chi connectivity index (χ4v) is 2.05. The Morgan fingerprint density at radius 3 is 2.78 bits per heavy atom. The van der Waals surface area contributed by atoms with Crippen LogP contribution >= 0.6 is 0 Å². The average molecular weight is 251 g/mol. The zero-order valence-corrected chi connectivity index (χ0v) is 11.5. The second-order valence-corrected chi connectivity index (χ2v) is 4.97. The first-order chi connectivity index (χ1) is 8.50. The largest absolute Gasteiger partial charge is 0.379 e. The maximum atomic E-state index is 5.93. The summed E-state index contributed by atoms with van der Waals surface area (Å²) in [6, 6.07) is 0. The fourth-order valence-electron chi connectivity index (χ4n) is 2.05. The highest BCUT2D eigenvalue weighted by atomic mass is 16.5. The van der Waals surface area contributed by atoms with Crippen molar-refractivity contribution in [1.29, 1.82) is 0 Å². The van der Waals surface area contributed by atoms with E-state index in [0.29, 0.717) is 25.0 Å². The number of imidazole rings is 1. The van der Waals surface area contributed by atoms with Crippen molar-refractivity contribution in [1.82, 2.24) is 19.3 Å². The van der Waals surface area contributed by atoms with Gasteiger partial charge in [0, 0.05) is 13.7 Å². The van der Waals surface area contributed by atoms with Gasteiger partial charge in [0.1, 0.15) is 5.52 Å². The molecule has 0 spiro atoms. The Kier molecular flexibility index (Phi) is 3.56. The van der Waals surface area contributed by atoms with Crippen molar-refractivity contribution in [3.63, 3.8) is 0 Å². The van der Waals surface area contributed by atoms with Crippen molar-refractivity contribution in [2.24, 2.45) is 13.0 Å². The molecule has 0 bridgehead atoms. The van der Waals surface area contributed by atoms with Gasteiger partial charge in [-0.05, 0) is 12.8 Å². The summed E-state index contributed by atoms with van der Waals surface area (Å²) in [6.45, 7) is 8.31. The molecule has 18 heavy (non-hydrogen) atoms. The molecule has 2 aromatic heterocycles. The van der Waals surface area contributed by atoms with Crippen LogP contribution in [0, 0.1) is 12.8 Å². The molecule has 0 aliphatic rings. The molecule has 6 nitrogen and oxygen atoms in total. The first-order valence-corrected chi connectivity index (χ1v) is 6.23. The molecule has 0 aromatic carbocycles. The highest BCUT2D eigenvalue weighted by Crippen LogP contribution is 2.19. The van der Waals surface area contributed by atoms with Gasteiger partial charge in [-0.25, -0.2) is 4.98 Å². The lowest BCUT2D eigenvalue weighted by Gasteiger charge is -2.09. The molecular formula is C12H21N5O. The molecule has 100 valence electrons. The summed E-state index contributed by atoms with van der Waals surface area (Å²) >= 11 is 0. The van der Waals surface area contributed by atoms with E-state index in [2.05, 4.69) is 23.9 Å². The van der Waals surface area contributed by atoms with Gasteiger partial charge in [-0.1, -0.05) is 13.8 Å². The molecule has 0 radical (unpaired) electrons. The minimum Gasteiger partial charge on any atom is -0.379 e. The molecule has 0 unspecified atom stereocenters. The summed E-state index contributed by atoms with van der Waals surface area (Å²) in [5, 5.41) is 4.35. The number of nitrogen functional groups attached to an aromatic ring is 1. The monoisotopic (exact) mass is 251 g/mol. The Labute approximate surface area is 107 Å². The Bertz CT molecular complexity index is 540. The van der Waals surface area contributed by atoms with Crippen molar-refractivity contribution >= 4 is 17.1 Å². The standard InChI is InChI=1S/C12H21N5O/c1-8(2)7-18-6-5-17-11-10(14-12(17)13)9(3)15-16(11)4/h8H,5-7H2,1-4H3,(H2,13,14). The SMILES string of the molecule is Cc1nn(C)c2c1nc(N)n2CCOCC(C)C. The predicted molar refractivity (Wildman–Crippen MR) is 71.3 cm³/mol. The van der Waals surface area contributed by atoms with E-state index < -0.39 is 0 Å². The first-order valence-electron chi connectivity index (χ1n) is 6.23. The minimum atomic E-state index is 0.522. The fraction of sp³-hybridized carbons (Fsp3) is 0.667. The molecule has 0 aliphatic carbocycles. The number of aryl methyl sites for hydroxylation is 2.